The number of aliphatic hydroxyl groups excluding tert-OH is 1. The Labute approximate surface area is 374 Å². The zero-order chi connectivity index (χ0) is 45.7. The van der Waals surface area contributed by atoms with Crippen molar-refractivity contribution in [2.75, 3.05) is 55.9 Å². The molecular formula is C50H84O12. The summed E-state index contributed by atoms with van der Waals surface area (Å²) in [5, 5.41) is 22.5. The van der Waals surface area contributed by atoms with Crippen LogP contribution in [0.25, 0.3) is 0 Å². The van der Waals surface area contributed by atoms with Gasteiger partial charge in [-0.1, -0.05) is 84.1 Å². The normalized spacial score (nSPS) is 35.6. The van der Waals surface area contributed by atoms with Crippen LogP contribution in [0, 0.1) is 35.5 Å². The summed E-state index contributed by atoms with van der Waals surface area (Å²) in [7, 11) is 10.2. The largest absolute Gasteiger partial charge is 0.389 e. The number of methoxy groups -OCH3 is 6. The van der Waals surface area contributed by atoms with Crippen molar-refractivity contribution in [1.29, 1.82) is 0 Å². The van der Waals surface area contributed by atoms with Crippen molar-refractivity contribution < 1.29 is 57.6 Å². The lowest BCUT2D eigenvalue weighted by Gasteiger charge is -2.50. The van der Waals surface area contributed by atoms with E-state index in [0.29, 0.717) is 37.2 Å². The van der Waals surface area contributed by atoms with Gasteiger partial charge in [0, 0.05) is 73.3 Å². The lowest BCUT2D eigenvalue weighted by Crippen LogP contribution is -2.52. The van der Waals surface area contributed by atoms with E-state index in [9.17, 15) is 10.2 Å². The zero-order valence-electron chi connectivity index (χ0n) is 40.5. The molecule has 0 spiro atoms. The molecule has 2 aliphatic heterocycles. The van der Waals surface area contributed by atoms with E-state index in [1.807, 2.05) is 51.2 Å². The molecule has 0 radical (unpaired) electrons. The van der Waals surface area contributed by atoms with Gasteiger partial charge in [0.15, 0.2) is 12.6 Å². The molecular weight excluding hydrogens is 793 g/mol. The minimum absolute atomic E-state index is 0.00669. The predicted octanol–water partition coefficient (Wildman–Crippen LogP) is 7.77. The summed E-state index contributed by atoms with van der Waals surface area (Å²) in [4.78, 5) is 0. The molecule has 1 saturated carbocycles. The Kier molecular flexibility index (Phi) is 21.5. The van der Waals surface area contributed by atoms with Crippen molar-refractivity contribution in [2.45, 2.75) is 167 Å². The van der Waals surface area contributed by atoms with Crippen molar-refractivity contribution in [1.82, 2.24) is 0 Å². The molecule has 0 amide bonds. The molecule has 16 atom stereocenters. The average molecular weight is 877 g/mol. The molecule has 4 aliphatic rings. The van der Waals surface area contributed by atoms with Crippen LogP contribution in [0.3, 0.4) is 0 Å². The third kappa shape index (κ3) is 13.4. The van der Waals surface area contributed by atoms with Gasteiger partial charge < -0.3 is 57.6 Å². The summed E-state index contributed by atoms with van der Waals surface area (Å²) in [6, 6.07) is 0. The summed E-state index contributed by atoms with van der Waals surface area (Å²) in [6.45, 7) is 17.5. The molecule has 62 heavy (non-hydrogen) atoms. The number of aliphatic hydroxyl groups is 2. The predicted molar refractivity (Wildman–Crippen MR) is 242 cm³/mol. The fraction of sp³-hybridized carbons (Fsp3) is 0.800. The molecule has 356 valence electrons. The van der Waals surface area contributed by atoms with Crippen LogP contribution in [0.2, 0.25) is 0 Å². The number of hydrogen-bond donors (Lipinski definition) is 2. The third-order valence-electron chi connectivity index (χ3n) is 14.5. The summed E-state index contributed by atoms with van der Waals surface area (Å²) in [5.74, 6) is 1.44. The first-order valence-corrected chi connectivity index (χ1v) is 23.2. The molecule has 0 unspecified atom stereocenters. The van der Waals surface area contributed by atoms with Crippen LogP contribution in [-0.2, 0) is 47.4 Å². The van der Waals surface area contributed by atoms with E-state index in [2.05, 4.69) is 46.8 Å². The average Bonchev–Trinajstić information content (AvgIpc) is 4.07. The Hall–Kier alpha value is -1.78. The van der Waals surface area contributed by atoms with E-state index in [1.54, 1.807) is 42.7 Å². The van der Waals surface area contributed by atoms with Gasteiger partial charge in [-0.15, -0.1) is 0 Å². The van der Waals surface area contributed by atoms with E-state index in [-0.39, 0.29) is 73.2 Å². The van der Waals surface area contributed by atoms with E-state index >= 15 is 0 Å². The van der Waals surface area contributed by atoms with Crippen LogP contribution >= 0.6 is 0 Å². The molecule has 4 rings (SSSR count). The second kappa shape index (κ2) is 25.2. The lowest BCUT2D eigenvalue weighted by atomic mass is 9.60. The standard InChI is InChI=1S/C50H84O12/c1-15-39(53-9)34(7)36-28-50(52,29-36)33(6)22-18-21-31(4)46-41(55-11)26-44(57-13)49(62-46)60-24-23-59-42-27-43(56-12)48(58-14)61-47(42)32(5)20-17-19-30(3)45(51)38-25-37(38)35(8)40(16-2)54-10/h17-22,25,30,33-37,39-49,51-52H,15-16,23-24,26-29H2,1-14H3/b19-17+,22-18+,31-21+,32-20+/t30-,33-,34-,35-,36-,37-,39-,40-,41-,42+,43+,44+,45+,46+,47+,48+,49+,50-/m0/s1. The van der Waals surface area contributed by atoms with Crippen LogP contribution < -0.4 is 0 Å². The van der Waals surface area contributed by atoms with Gasteiger partial charge in [0.25, 0.3) is 0 Å². The molecule has 12 nitrogen and oxygen atoms in total. The van der Waals surface area contributed by atoms with Gasteiger partial charge in [0.05, 0.1) is 49.3 Å². The summed E-state index contributed by atoms with van der Waals surface area (Å²) < 4.78 is 60.3. The Morgan fingerprint density at radius 2 is 1.23 bits per heavy atom. The molecule has 0 bridgehead atoms. The van der Waals surface area contributed by atoms with Gasteiger partial charge >= 0.3 is 0 Å². The number of ether oxygens (including phenoxy) is 10. The zero-order valence-corrected chi connectivity index (χ0v) is 40.5. The highest BCUT2D eigenvalue weighted by molar-refractivity contribution is 5.35. The van der Waals surface area contributed by atoms with Crippen LogP contribution in [0.4, 0.5) is 0 Å². The molecule has 0 aromatic carbocycles. The Morgan fingerprint density at radius 1 is 0.710 bits per heavy atom. The summed E-state index contributed by atoms with van der Waals surface area (Å²) in [5.41, 5.74) is 2.35. The first kappa shape index (κ1) is 52.8. The smallest absolute Gasteiger partial charge is 0.184 e. The Morgan fingerprint density at radius 3 is 1.79 bits per heavy atom. The minimum Gasteiger partial charge on any atom is -0.389 e. The van der Waals surface area contributed by atoms with Crippen LogP contribution in [-0.4, -0.2) is 139 Å². The maximum atomic E-state index is 11.4. The Balaban J connectivity index is 1.33. The van der Waals surface area contributed by atoms with Crippen molar-refractivity contribution in [3.05, 3.63) is 59.3 Å². The second-order valence-corrected chi connectivity index (χ2v) is 18.4. The molecule has 2 N–H and O–H groups in total. The SMILES string of the molecule is CC[C@H](OC)[C@@H](C)[C@@H]1C=C1[C@H](O)[C@@H](C)/C=C/C=C(\C)[C@H]1O[C@@H](OC)[C@H](OC)C[C@H]1OCCO[C@@H]1O[C@H](/C(C)=C/C=C/[C@H](C)[C@]2(O)C[C@H]([C@H](C)[C@H](CC)OC)C2)[C@@H](OC)C[C@H]1OC. The van der Waals surface area contributed by atoms with E-state index in [1.165, 1.54) is 0 Å². The quantitative estimate of drug-likeness (QED) is 0.0500. The Bertz CT molecular complexity index is 1480. The number of rotatable bonds is 26. The van der Waals surface area contributed by atoms with E-state index < -0.39 is 24.3 Å². The monoisotopic (exact) mass is 877 g/mol. The molecule has 12 heteroatoms. The fourth-order valence-corrected chi connectivity index (χ4v) is 9.95. The molecule has 0 aromatic rings. The maximum absolute atomic E-state index is 11.4. The third-order valence-corrected chi connectivity index (χ3v) is 14.5. The van der Waals surface area contributed by atoms with Gasteiger partial charge in [0.1, 0.15) is 24.4 Å². The van der Waals surface area contributed by atoms with Crippen LogP contribution in [0.5, 0.6) is 0 Å². The van der Waals surface area contributed by atoms with Crippen LogP contribution in [0.1, 0.15) is 93.9 Å². The van der Waals surface area contributed by atoms with Gasteiger partial charge in [-0.05, 0) is 74.0 Å². The fourth-order valence-electron chi connectivity index (χ4n) is 9.95. The molecule has 2 heterocycles. The molecule has 3 fully saturated rings. The number of allylic oxidation sites excluding steroid dienone is 5. The highest BCUT2D eigenvalue weighted by Gasteiger charge is 2.49. The maximum Gasteiger partial charge on any atom is 0.184 e. The van der Waals surface area contributed by atoms with E-state index in [0.717, 1.165) is 42.4 Å². The highest BCUT2D eigenvalue weighted by atomic mass is 16.7. The van der Waals surface area contributed by atoms with Gasteiger partial charge in [0.2, 0.25) is 0 Å². The summed E-state index contributed by atoms with van der Waals surface area (Å²) >= 11 is 0. The second-order valence-electron chi connectivity index (χ2n) is 18.4. The number of hydrogen-bond acceptors (Lipinski definition) is 12. The van der Waals surface area contributed by atoms with Gasteiger partial charge in [-0.25, -0.2) is 0 Å². The molecule has 2 aliphatic carbocycles. The first-order valence-electron chi connectivity index (χ1n) is 23.2. The van der Waals surface area contributed by atoms with Crippen LogP contribution in [0.15, 0.2) is 59.3 Å². The first-order chi connectivity index (χ1) is 29.6. The van der Waals surface area contributed by atoms with Crippen molar-refractivity contribution in [2.24, 2.45) is 35.5 Å². The molecule has 2 saturated heterocycles. The lowest BCUT2D eigenvalue weighted by molar-refractivity contribution is -0.276. The van der Waals surface area contributed by atoms with E-state index in [4.69, 9.17) is 47.4 Å². The van der Waals surface area contributed by atoms with Crippen molar-refractivity contribution in [3.8, 4) is 0 Å². The van der Waals surface area contributed by atoms with Gasteiger partial charge in [-0.3, -0.25) is 0 Å². The molecule has 0 aromatic heterocycles. The van der Waals surface area contributed by atoms with Gasteiger partial charge in [-0.2, -0.15) is 0 Å². The minimum atomic E-state index is -0.707. The topological polar surface area (TPSA) is 133 Å². The highest BCUT2D eigenvalue weighted by Crippen LogP contribution is 2.48. The summed E-state index contributed by atoms with van der Waals surface area (Å²) in [6.07, 6.45) is 15.8. The van der Waals surface area contributed by atoms with Crippen molar-refractivity contribution in [3.63, 3.8) is 0 Å². The van der Waals surface area contributed by atoms with Crippen molar-refractivity contribution >= 4 is 0 Å².